The standard InChI is InChI=1S/C27H39N3O3/c1-22(9-10-23(2)31-19-7-17-29-13-3-4-14-29)27-28-25-12-11-24(21-26(25)33-27)32-20-8-18-30-15-5-6-16-30/h9-12,21H,3-8,13-20H2,1-2H3. The SMILES string of the molecule is CC(=CC=C(C)c1nc2ccc(OCCCN3CCCC3)cc2o1)OCCCN1CCCC1. The molecule has 6 nitrogen and oxygen atoms in total. The molecule has 0 saturated carbocycles. The molecule has 180 valence electrons. The van der Waals surface area contributed by atoms with Gasteiger partial charge < -0.3 is 23.7 Å². The Balaban J connectivity index is 1.24. The lowest BCUT2D eigenvalue weighted by Crippen LogP contribution is -2.21. The Hall–Kier alpha value is -2.31. The van der Waals surface area contributed by atoms with E-state index in [9.17, 15) is 0 Å². The van der Waals surface area contributed by atoms with Gasteiger partial charge in [-0.1, -0.05) is 6.08 Å². The zero-order valence-corrected chi connectivity index (χ0v) is 20.4. The third-order valence-corrected chi connectivity index (χ3v) is 6.50. The molecular formula is C27H39N3O3. The van der Waals surface area contributed by atoms with E-state index in [2.05, 4.69) is 14.8 Å². The molecule has 2 aliphatic rings. The Morgan fingerprint density at radius 1 is 0.939 bits per heavy atom. The molecule has 0 atom stereocenters. The van der Waals surface area contributed by atoms with Gasteiger partial charge >= 0.3 is 0 Å². The minimum atomic E-state index is 0.634. The highest BCUT2D eigenvalue weighted by molar-refractivity contribution is 5.77. The van der Waals surface area contributed by atoms with Gasteiger partial charge in [-0.25, -0.2) is 4.98 Å². The summed E-state index contributed by atoms with van der Waals surface area (Å²) in [6.45, 7) is 12.7. The molecule has 6 heteroatoms. The van der Waals surface area contributed by atoms with Crippen molar-refractivity contribution in [3.05, 3.63) is 42.0 Å². The van der Waals surface area contributed by atoms with Crippen LogP contribution in [0.4, 0.5) is 0 Å². The summed E-state index contributed by atoms with van der Waals surface area (Å²) in [5.74, 6) is 2.39. The van der Waals surface area contributed by atoms with Crippen molar-refractivity contribution < 1.29 is 13.9 Å². The Morgan fingerprint density at radius 2 is 1.61 bits per heavy atom. The molecule has 1 aromatic heterocycles. The maximum atomic E-state index is 6.00. The summed E-state index contributed by atoms with van der Waals surface area (Å²) in [4.78, 5) is 9.66. The van der Waals surface area contributed by atoms with Crippen molar-refractivity contribution in [2.45, 2.75) is 52.4 Å². The monoisotopic (exact) mass is 453 g/mol. The zero-order chi connectivity index (χ0) is 22.9. The van der Waals surface area contributed by atoms with Gasteiger partial charge in [-0.3, -0.25) is 0 Å². The van der Waals surface area contributed by atoms with Gasteiger partial charge in [0.05, 0.1) is 19.0 Å². The number of likely N-dealkylation sites (tertiary alicyclic amines) is 2. The van der Waals surface area contributed by atoms with Crippen molar-refractivity contribution in [2.75, 3.05) is 52.5 Å². The van der Waals surface area contributed by atoms with E-state index in [0.29, 0.717) is 5.89 Å². The van der Waals surface area contributed by atoms with E-state index < -0.39 is 0 Å². The number of aromatic nitrogens is 1. The molecule has 4 rings (SSSR count). The van der Waals surface area contributed by atoms with Crippen molar-refractivity contribution in [1.82, 2.24) is 14.8 Å². The van der Waals surface area contributed by atoms with Gasteiger partial charge in [0.15, 0.2) is 5.58 Å². The molecular weight excluding hydrogens is 414 g/mol. The molecule has 0 spiro atoms. The van der Waals surface area contributed by atoms with Crippen molar-refractivity contribution >= 4 is 16.7 Å². The Labute approximate surface area is 198 Å². The molecule has 2 aliphatic heterocycles. The zero-order valence-electron chi connectivity index (χ0n) is 20.4. The summed E-state index contributed by atoms with van der Waals surface area (Å²) in [6.07, 6.45) is 11.5. The van der Waals surface area contributed by atoms with E-state index in [4.69, 9.17) is 13.9 Å². The van der Waals surface area contributed by atoms with Crippen LogP contribution in [0.3, 0.4) is 0 Å². The lowest BCUT2D eigenvalue weighted by atomic mass is 10.2. The van der Waals surface area contributed by atoms with Gasteiger partial charge in [-0.2, -0.15) is 0 Å². The Bertz CT molecular complexity index is 937. The number of nitrogens with zero attached hydrogens (tertiary/aromatic N) is 3. The summed E-state index contributed by atoms with van der Waals surface area (Å²) in [5, 5.41) is 0. The number of hydrogen-bond donors (Lipinski definition) is 0. The first-order chi connectivity index (χ1) is 16.2. The highest BCUT2D eigenvalue weighted by Gasteiger charge is 2.12. The average molecular weight is 454 g/mol. The van der Waals surface area contributed by atoms with Gasteiger partial charge in [0.25, 0.3) is 0 Å². The second-order valence-corrected chi connectivity index (χ2v) is 9.28. The first-order valence-electron chi connectivity index (χ1n) is 12.6. The van der Waals surface area contributed by atoms with Crippen molar-refractivity contribution in [1.29, 1.82) is 0 Å². The predicted octanol–water partition coefficient (Wildman–Crippen LogP) is 5.50. The highest BCUT2D eigenvalue weighted by atomic mass is 16.5. The fourth-order valence-corrected chi connectivity index (χ4v) is 4.54. The van der Waals surface area contributed by atoms with Gasteiger partial charge in [-0.05, 0) is 96.8 Å². The molecule has 1 aromatic carbocycles. The smallest absolute Gasteiger partial charge is 0.222 e. The van der Waals surface area contributed by atoms with Gasteiger partial charge in [0.1, 0.15) is 11.3 Å². The predicted molar refractivity (Wildman–Crippen MR) is 133 cm³/mol. The summed E-state index contributed by atoms with van der Waals surface area (Å²) < 4.78 is 17.8. The third-order valence-electron chi connectivity index (χ3n) is 6.50. The van der Waals surface area contributed by atoms with Gasteiger partial charge in [-0.15, -0.1) is 0 Å². The van der Waals surface area contributed by atoms with E-state index >= 15 is 0 Å². The number of hydrogen-bond acceptors (Lipinski definition) is 6. The fourth-order valence-electron chi connectivity index (χ4n) is 4.54. The Morgan fingerprint density at radius 3 is 2.30 bits per heavy atom. The molecule has 33 heavy (non-hydrogen) atoms. The fraction of sp³-hybridized carbons (Fsp3) is 0.593. The van der Waals surface area contributed by atoms with E-state index in [1.165, 1.54) is 51.9 Å². The minimum Gasteiger partial charge on any atom is -0.498 e. The second-order valence-electron chi connectivity index (χ2n) is 9.28. The topological polar surface area (TPSA) is 51.0 Å². The molecule has 3 heterocycles. The summed E-state index contributed by atoms with van der Waals surface area (Å²) in [5.41, 5.74) is 2.58. The number of oxazole rings is 1. The molecule has 2 saturated heterocycles. The number of allylic oxidation sites excluding steroid dienone is 4. The van der Waals surface area contributed by atoms with Crippen molar-refractivity contribution in [3.8, 4) is 5.75 Å². The number of benzene rings is 1. The molecule has 0 amide bonds. The van der Waals surface area contributed by atoms with Crippen LogP contribution in [-0.4, -0.2) is 67.3 Å². The molecule has 2 aromatic rings. The first-order valence-corrected chi connectivity index (χ1v) is 12.6. The average Bonchev–Trinajstić information content (AvgIpc) is 3.59. The van der Waals surface area contributed by atoms with Crippen LogP contribution in [0.15, 0.2) is 40.5 Å². The quantitative estimate of drug-likeness (QED) is 0.240. The summed E-state index contributed by atoms with van der Waals surface area (Å²) >= 11 is 0. The van der Waals surface area contributed by atoms with Gasteiger partial charge in [0.2, 0.25) is 5.89 Å². The van der Waals surface area contributed by atoms with Crippen molar-refractivity contribution in [2.24, 2.45) is 0 Å². The molecule has 0 radical (unpaired) electrons. The van der Waals surface area contributed by atoms with Crippen LogP contribution in [0.1, 0.15) is 58.3 Å². The van der Waals surface area contributed by atoms with E-state index in [0.717, 1.165) is 67.3 Å². The van der Waals surface area contributed by atoms with E-state index in [1.54, 1.807) is 0 Å². The minimum absolute atomic E-state index is 0.634. The van der Waals surface area contributed by atoms with E-state index in [-0.39, 0.29) is 0 Å². The maximum Gasteiger partial charge on any atom is 0.222 e. The maximum absolute atomic E-state index is 6.00. The van der Waals surface area contributed by atoms with Crippen LogP contribution in [0, 0.1) is 0 Å². The van der Waals surface area contributed by atoms with Crippen LogP contribution in [0.2, 0.25) is 0 Å². The summed E-state index contributed by atoms with van der Waals surface area (Å²) in [7, 11) is 0. The summed E-state index contributed by atoms with van der Waals surface area (Å²) in [6, 6.07) is 5.89. The molecule has 0 bridgehead atoms. The first kappa shape index (κ1) is 23.8. The molecule has 0 unspecified atom stereocenters. The molecule has 0 aliphatic carbocycles. The lowest BCUT2D eigenvalue weighted by molar-refractivity contribution is 0.192. The number of ether oxygens (including phenoxy) is 2. The Kier molecular flexibility index (Phi) is 8.84. The van der Waals surface area contributed by atoms with Crippen LogP contribution in [0.5, 0.6) is 5.75 Å². The third kappa shape index (κ3) is 7.34. The van der Waals surface area contributed by atoms with E-state index in [1.807, 2.05) is 44.2 Å². The van der Waals surface area contributed by atoms with Crippen LogP contribution >= 0.6 is 0 Å². The largest absolute Gasteiger partial charge is 0.498 e. The van der Waals surface area contributed by atoms with Crippen LogP contribution in [-0.2, 0) is 4.74 Å². The number of fused-ring (bicyclic) bond motifs is 1. The molecule has 2 fully saturated rings. The second kappa shape index (κ2) is 12.2. The number of rotatable bonds is 12. The lowest BCUT2D eigenvalue weighted by Gasteiger charge is -2.14. The van der Waals surface area contributed by atoms with Crippen LogP contribution < -0.4 is 4.74 Å². The van der Waals surface area contributed by atoms with Crippen LogP contribution in [0.25, 0.3) is 16.7 Å². The normalized spacial score (nSPS) is 18.5. The highest BCUT2D eigenvalue weighted by Crippen LogP contribution is 2.25. The van der Waals surface area contributed by atoms with Gasteiger partial charge in [0, 0.05) is 24.7 Å². The molecule has 0 N–H and O–H groups in total. The van der Waals surface area contributed by atoms with Crippen molar-refractivity contribution in [3.63, 3.8) is 0 Å².